The van der Waals surface area contributed by atoms with Gasteiger partial charge in [-0.2, -0.15) is 0 Å². The lowest BCUT2D eigenvalue weighted by atomic mass is 9.76. The summed E-state index contributed by atoms with van der Waals surface area (Å²) in [4.78, 5) is 23.0. The van der Waals surface area contributed by atoms with Gasteiger partial charge in [0.25, 0.3) is 0 Å². The van der Waals surface area contributed by atoms with Crippen molar-refractivity contribution < 1.29 is 19.8 Å². The average Bonchev–Trinajstić information content (AvgIpc) is 2.28. The number of hydrogen-bond donors (Lipinski definition) is 3. The summed E-state index contributed by atoms with van der Waals surface area (Å²) >= 11 is 5.74. The van der Waals surface area contributed by atoms with Crippen molar-refractivity contribution in [3.8, 4) is 5.75 Å². The van der Waals surface area contributed by atoms with Gasteiger partial charge in [0, 0.05) is 0 Å². The first kappa shape index (κ1) is 13.7. The molecule has 0 radical (unpaired) electrons. The van der Waals surface area contributed by atoms with Gasteiger partial charge in [-0.1, -0.05) is 17.7 Å². The molecule has 1 aliphatic rings. The number of phenols is 1. The van der Waals surface area contributed by atoms with Crippen LogP contribution in [0.4, 0.5) is 0 Å². The fourth-order valence-electron chi connectivity index (χ4n) is 2.08. The number of carbonyl (C=O) groups excluding carboxylic acids is 1. The first-order valence-electron chi connectivity index (χ1n) is 5.95. The Morgan fingerprint density at radius 2 is 2.05 bits per heavy atom. The number of phenolic OH excluding ortho intramolecular Hbond substituents is 1. The van der Waals surface area contributed by atoms with Crippen LogP contribution in [0.3, 0.4) is 0 Å². The van der Waals surface area contributed by atoms with Crippen LogP contribution in [0.15, 0.2) is 18.2 Å². The minimum Gasteiger partial charge on any atom is -0.506 e. The van der Waals surface area contributed by atoms with Crippen molar-refractivity contribution >= 4 is 23.5 Å². The first-order chi connectivity index (χ1) is 8.93. The van der Waals surface area contributed by atoms with Crippen molar-refractivity contribution in [1.29, 1.82) is 0 Å². The quantitative estimate of drug-likeness (QED) is 0.785. The minimum absolute atomic E-state index is 0.0367. The summed E-state index contributed by atoms with van der Waals surface area (Å²) in [6.07, 6.45) is 1.77. The molecule has 1 aliphatic carbocycles. The molecule has 0 heterocycles. The first-order valence-corrected chi connectivity index (χ1v) is 6.32. The Balaban J connectivity index is 2.01. The van der Waals surface area contributed by atoms with E-state index in [0.717, 1.165) is 6.42 Å². The lowest BCUT2D eigenvalue weighted by Crippen LogP contribution is -2.59. The summed E-state index contributed by atoms with van der Waals surface area (Å²) in [5, 5.41) is 21.1. The van der Waals surface area contributed by atoms with Crippen LogP contribution < -0.4 is 5.32 Å². The van der Waals surface area contributed by atoms with Crippen LogP contribution in [0.5, 0.6) is 5.75 Å². The lowest BCUT2D eigenvalue weighted by molar-refractivity contribution is -0.151. The molecule has 1 saturated carbocycles. The molecule has 0 spiro atoms. The number of aromatic hydroxyl groups is 1. The van der Waals surface area contributed by atoms with Gasteiger partial charge in [0.05, 0.1) is 11.4 Å². The molecule has 0 bridgehead atoms. The van der Waals surface area contributed by atoms with Crippen molar-refractivity contribution in [2.45, 2.75) is 31.2 Å². The highest BCUT2D eigenvalue weighted by atomic mass is 35.5. The standard InChI is InChI=1S/C13H14ClNO4/c14-9-6-8(2-3-10(9)16)7-11(17)15-13(12(18)19)4-1-5-13/h2-3,6,16H,1,4-5,7H2,(H,15,17)(H,18,19). The molecular formula is C13H14ClNO4. The van der Waals surface area contributed by atoms with Gasteiger partial charge < -0.3 is 15.5 Å². The maximum atomic E-state index is 11.8. The number of carboxylic acid groups (broad SMARTS) is 1. The van der Waals surface area contributed by atoms with Crippen molar-refractivity contribution in [3.63, 3.8) is 0 Å². The molecule has 0 atom stereocenters. The lowest BCUT2D eigenvalue weighted by Gasteiger charge is -2.38. The molecule has 102 valence electrons. The molecule has 0 aliphatic heterocycles. The van der Waals surface area contributed by atoms with E-state index in [1.54, 1.807) is 6.07 Å². The van der Waals surface area contributed by atoms with Crippen LogP contribution in [0.25, 0.3) is 0 Å². The fourth-order valence-corrected chi connectivity index (χ4v) is 2.28. The highest BCUT2D eigenvalue weighted by Gasteiger charge is 2.45. The van der Waals surface area contributed by atoms with Gasteiger partial charge >= 0.3 is 5.97 Å². The second kappa shape index (κ2) is 5.09. The maximum Gasteiger partial charge on any atom is 0.329 e. The van der Waals surface area contributed by atoms with Crippen LogP contribution in [0.2, 0.25) is 5.02 Å². The number of halogens is 1. The van der Waals surface area contributed by atoms with E-state index in [4.69, 9.17) is 16.7 Å². The zero-order chi connectivity index (χ0) is 14.0. The summed E-state index contributed by atoms with van der Waals surface area (Å²) in [5.41, 5.74) is -0.474. The molecule has 3 N–H and O–H groups in total. The Bertz CT molecular complexity index is 525. The highest BCUT2D eigenvalue weighted by molar-refractivity contribution is 6.32. The molecule has 0 saturated heterocycles. The van der Waals surface area contributed by atoms with Gasteiger partial charge in [-0.15, -0.1) is 0 Å². The van der Waals surface area contributed by atoms with Gasteiger partial charge in [0.15, 0.2) is 0 Å². The summed E-state index contributed by atoms with van der Waals surface area (Å²) in [7, 11) is 0. The Morgan fingerprint density at radius 1 is 1.37 bits per heavy atom. The second-order valence-corrected chi connectivity index (χ2v) is 5.16. The van der Waals surface area contributed by atoms with E-state index >= 15 is 0 Å². The molecule has 1 aromatic rings. The summed E-state index contributed by atoms with van der Waals surface area (Å²) in [6.45, 7) is 0. The van der Waals surface area contributed by atoms with E-state index in [0.29, 0.717) is 18.4 Å². The van der Waals surface area contributed by atoms with Crippen molar-refractivity contribution in [3.05, 3.63) is 28.8 Å². The predicted molar refractivity (Wildman–Crippen MR) is 69.2 cm³/mol. The van der Waals surface area contributed by atoms with Crippen molar-refractivity contribution in [1.82, 2.24) is 5.32 Å². The number of nitrogens with one attached hydrogen (secondary N) is 1. The molecule has 5 nitrogen and oxygen atoms in total. The van der Waals surface area contributed by atoms with Crippen molar-refractivity contribution in [2.75, 3.05) is 0 Å². The third kappa shape index (κ3) is 2.81. The predicted octanol–water partition coefficient (Wildman–Crippen LogP) is 1.71. The fraction of sp³-hybridized carbons (Fsp3) is 0.385. The zero-order valence-corrected chi connectivity index (χ0v) is 10.9. The van der Waals surface area contributed by atoms with Gasteiger partial charge in [-0.05, 0) is 37.0 Å². The zero-order valence-electron chi connectivity index (χ0n) is 10.1. The van der Waals surface area contributed by atoms with E-state index in [1.165, 1.54) is 12.1 Å². The maximum absolute atomic E-state index is 11.8. The number of carboxylic acids is 1. The van der Waals surface area contributed by atoms with E-state index in [-0.39, 0.29) is 23.1 Å². The molecule has 2 rings (SSSR count). The molecule has 1 amide bonds. The smallest absolute Gasteiger partial charge is 0.329 e. The van der Waals surface area contributed by atoms with Crippen LogP contribution in [-0.4, -0.2) is 27.6 Å². The summed E-state index contributed by atoms with van der Waals surface area (Å²) in [6, 6.07) is 4.47. The number of hydrogen-bond acceptors (Lipinski definition) is 3. The molecule has 0 unspecified atom stereocenters. The van der Waals surface area contributed by atoms with E-state index in [2.05, 4.69) is 5.32 Å². The number of amides is 1. The second-order valence-electron chi connectivity index (χ2n) is 4.75. The molecule has 19 heavy (non-hydrogen) atoms. The third-order valence-corrected chi connectivity index (χ3v) is 3.67. The average molecular weight is 284 g/mol. The summed E-state index contributed by atoms with van der Waals surface area (Å²) < 4.78 is 0. The Hall–Kier alpha value is -1.75. The van der Waals surface area contributed by atoms with Gasteiger partial charge in [0.2, 0.25) is 5.91 Å². The van der Waals surface area contributed by atoms with Crippen LogP contribution >= 0.6 is 11.6 Å². The number of carbonyl (C=O) groups is 2. The number of aliphatic carboxylic acids is 1. The molecule has 1 fully saturated rings. The summed E-state index contributed by atoms with van der Waals surface area (Å²) in [5.74, 6) is -1.40. The Labute approximate surface area is 115 Å². The molecular weight excluding hydrogens is 270 g/mol. The number of rotatable bonds is 4. The third-order valence-electron chi connectivity index (χ3n) is 3.37. The van der Waals surface area contributed by atoms with E-state index < -0.39 is 11.5 Å². The van der Waals surface area contributed by atoms with Crippen LogP contribution in [0, 0.1) is 0 Å². The van der Waals surface area contributed by atoms with Crippen LogP contribution in [0.1, 0.15) is 24.8 Å². The number of benzene rings is 1. The monoisotopic (exact) mass is 283 g/mol. The van der Waals surface area contributed by atoms with Crippen molar-refractivity contribution in [2.24, 2.45) is 0 Å². The highest BCUT2D eigenvalue weighted by Crippen LogP contribution is 2.32. The Kier molecular flexibility index (Phi) is 3.66. The minimum atomic E-state index is -1.10. The van der Waals surface area contributed by atoms with Gasteiger partial charge in [-0.3, -0.25) is 4.79 Å². The Morgan fingerprint density at radius 3 is 2.53 bits per heavy atom. The largest absolute Gasteiger partial charge is 0.506 e. The molecule has 1 aromatic carbocycles. The SMILES string of the molecule is O=C(Cc1ccc(O)c(Cl)c1)NC1(C(=O)O)CCC1. The molecule has 6 heteroatoms. The van der Waals surface area contributed by atoms with Gasteiger partial charge in [0.1, 0.15) is 11.3 Å². The topological polar surface area (TPSA) is 86.6 Å². The van der Waals surface area contributed by atoms with Crippen LogP contribution in [-0.2, 0) is 16.0 Å². The normalized spacial score (nSPS) is 16.5. The molecule has 0 aromatic heterocycles. The van der Waals surface area contributed by atoms with Gasteiger partial charge in [-0.25, -0.2) is 4.79 Å². The van der Waals surface area contributed by atoms with E-state index in [1.807, 2.05) is 0 Å². The van der Waals surface area contributed by atoms with E-state index in [9.17, 15) is 14.7 Å².